The summed E-state index contributed by atoms with van der Waals surface area (Å²) in [4.78, 5) is 16.8. The number of benzene rings is 1. The minimum Gasteiger partial charge on any atom is -0.293 e. The Morgan fingerprint density at radius 2 is 2.14 bits per heavy atom. The number of aromatic nitrogens is 3. The molecule has 2 aromatic heterocycles. The van der Waals surface area contributed by atoms with Crippen LogP contribution < -0.4 is 5.32 Å². The van der Waals surface area contributed by atoms with E-state index in [1.807, 2.05) is 29.6 Å². The van der Waals surface area contributed by atoms with Gasteiger partial charge in [-0.3, -0.25) is 10.1 Å². The first kappa shape index (κ1) is 15.0. The number of nitrogens with zero attached hydrogens (tertiary/aromatic N) is 3. The van der Waals surface area contributed by atoms with Crippen LogP contribution in [0.4, 0.5) is 5.95 Å². The first-order valence-electron chi connectivity index (χ1n) is 7.07. The molecule has 2 heterocycles. The van der Waals surface area contributed by atoms with Crippen LogP contribution in [0.1, 0.15) is 26.2 Å². The molecule has 0 bridgehead atoms. The number of thiazole rings is 1. The molecule has 3 rings (SSSR count). The molecule has 7 heteroatoms. The number of carbonyl (C=O) groups is 1. The van der Waals surface area contributed by atoms with E-state index in [9.17, 15) is 4.79 Å². The number of hydrogen-bond donors (Lipinski definition) is 1. The molecule has 0 saturated carbocycles. The van der Waals surface area contributed by atoms with Crippen molar-refractivity contribution >= 4 is 39.8 Å². The summed E-state index contributed by atoms with van der Waals surface area (Å²) in [5, 5.41) is 9.79. The van der Waals surface area contributed by atoms with Gasteiger partial charge < -0.3 is 0 Å². The van der Waals surface area contributed by atoms with Gasteiger partial charge in [0.05, 0.1) is 5.69 Å². The zero-order valence-corrected chi connectivity index (χ0v) is 13.6. The molecular weight excluding hydrogens is 320 g/mol. The van der Waals surface area contributed by atoms with Crippen LogP contribution in [0.15, 0.2) is 29.6 Å². The first-order chi connectivity index (χ1) is 10.7. The third-order valence-corrected chi connectivity index (χ3v) is 4.30. The molecule has 0 aliphatic rings. The van der Waals surface area contributed by atoms with E-state index in [0.717, 1.165) is 29.1 Å². The molecule has 0 aliphatic carbocycles. The molecule has 1 amide bonds. The fourth-order valence-electron chi connectivity index (χ4n) is 2.08. The number of unbranched alkanes of at least 4 members (excludes halogenated alkanes) is 1. The lowest BCUT2D eigenvalue weighted by molar-refractivity contribution is -0.116. The average Bonchev–Trinajstić information content (AvgIpc) is 3.06. The molecule has 0 radical (unpaired) electrons. The van der Waals surface area contributed by atoms with E-state index in [2.05, 4.69) is 22.3 Å². The van der Waals surface area contributed by atoms with Crippen molar-refractivity contribution in [2.75, 3.05) is 5.32 Å². The molecular formula is C15H15ClN4OS. The summed E-state index contributed by atoms with van der Waals surface area (Å²) in [7, 11) is 0. The summed E-state index contributed by atoms with van der Waals surface area (Å²) < 4.78 is 1.74. The number of rotatable bonds is 5. The highest BCUT2D eigenvalue weighted by Crippen LogP contribution is 2.26. The lowest BCUT2D eigenvalue weighted by atomic mass is 10.2. The summed E-state index contributed by atoms with van der Waals surface area (Å²) in [6, 6.07) is 7.55. The molecule has 3 aromatic rings. The number of fused-ring (bicyclic) bond motifs is 1. The number of hydrogen-bond acceptors (Lipinski definition) is 4. The predicted molar refractivity (Wildman–Crippen MR) is 89.5 cm³/mol. The molecule has 0 aliphatic heterocycles. The Hall–Kier alpha value is -1.92. The third kappa shape index (κ3) is 3.13. The molecule has 5 nitrogen and oxygen atoms in total. The van der Waals surface area contributed by atoms with Crippen molar-refractivity contribution in [3.05, 3.63) is 34.7 Å². The number of amides is 1. The summed E-state index contributed by atoms with van der Waals surface area (Å²) in [6.07, 6.45) is 2.34. The highest BCUT2D eigenvalue weighted by Gasteiger charge is 2.13. The van der Waals surface area contributed by atoms with Crippen molar-refractivity contribution < 1.29 is 4.79 Å². The standard InChI is InChI=1S/C15H15ClN4OS/c1-2-3-4-13(21)17-14-18-15-20(19-14)12(9-22-15)10-5-7-11(16)8-6-10/h5-9H,2-4H2,1H3,(H,17,19,21). The molecule has 22 heavy (non-hydrogen) atoms. The van der Waals surface area contributed by atoms with E-state index in [0.29, 0.717) is 17.4 Å². The molecule has 0 atom stereocenters. The summed E-state index contributed by atoms with van der Waals surface area (Å²) in [5.41, 5.74) is 1.93. The minimum absolute atomic E-state index is 0.0480. The molecule has 0 unspecified atom stereocenters. The highest BCUT2D eigenvalue weighted by atomic mass is 35.5. The highest BCUT2D eigenvalue weighted by molar-refractivity contribution is 7.15. The van der Waals surface area contributed by atoms with Crippen LogP contribution in [0.2, 0.25) is 5.02 Å². The predicted octanol–water partition coefficient (Wildman–Crippen LogP) is 4.24. The van der Waals surface area contributed by atoms with Crippen LogP contribution in [0.25, 0.3) is 16.2 Å². The van der Waals surface area contributed by atoms with Gasteiger partial charge in [0, 0.05) is 22.4 Å². The fourth-order valence-corrected chi connectivity index (χ4v) is 3.04. The smallest absolute Gasteiger partial charge is 0.250 e. The van der Waals surface area contributed by atoms with E-state index in [-0.39, 0.29) is 5.91 Å². The van der Waals surface area contributed by atoms with Gasteiger partial charge in [-0.1, -0.05) is 37.1 Å². The van der Waals surface area contributed by atoms with Gasteiger partial charge in [0.15, 0.2) is 0 Å². The zero-order chi connectivity index (χ0) is 15.5. The maximum atomic E-state index is 11.8. The number of nitrogens with one attached hydrogen (secondary N) is 1. The quantitative estimate of drug-likeness (QED) is 0.759. The van der Waals surface area contributed by atoms with E-state index < -0.39 is 0 Å². The lowest BCUT2D eigenvalue weighted by Gasteiger charge is -2.00. The van der Waals surface area contributed by atoms with Crippen molar-refractivity contribution in [1.29, 1.82) is 0 Å². The second-order valence-corrected chi connectivity index (χ2v) is 6.18. The van der Waals surface area contributed by atoms with E-state index >= 15 is 0 Å². The van der Waals surface area contributed by atoms with Crippen molar-refractivity contribution in [3.63, 3.8) is 0 Å². The van der Waals surface area contributed by atoms with Crippen LogP contribution in [-0.2, 0) is 4.79 Å². The zero-order valence-electron chi connectivity index (χ0n) is 12.0. The normalized spacial score (nSPS) is 11.0. The fraction of sp³-hybridized carbons (Fsp3) is 0.267. The average molecular weight is 335 g/mol. The molecule has 114 valence electrons. The Labute approximate surface area is 136 Å². The monoisotopic (exact) mass is 334 g/mol. The summed E-state index contributed by atoms with van der Waals surface area (Å²) in [6.45, 7) is 2.05. The maximum Gasteiger partial charge on any atom is 0.250 e. The Bertz CT molecular complexity index is 794. The second kappa shape index (κ2) is 6.46. The lowest BCUT2D eigenvalue weighted by Crippen LogP contribution is -2.12. The van der Waals surface area contributed by atoms with Gasteiger partial charge >= 0.3 is 0 Å². The van der Waals surface area contributed by atoms with E-state index in [1.165, 1.54) is 11.3 Å². The summed E-state index contributed by atoms with van der Waals surface area (Å²) in [5.74, 6) is 0.302. The molecule has 1 N–H and O–H groups in total. The third-order valence-electron chi connectivity index (χ3n) is 3.23. The number of carbonyl (C=O) groups excluding carboxylic acids is 1. The second-order valence-electron chi connectivity index (χ2n) is 4.91. The Morgan fingerprint density at radius 1 is 1.36 bits per heavy atom. The van der Waals surface area contributed by atoms with Crippen LogP contribution in [0.3, 0.4) is 0 Å². The molecule has 0 spiro atoms. The van der Waals surface area contributed by atoms with Gasteiger partial charge in [0.25, 0.3) is 0 Å². The van der Waals surface area contributed by atoms with Crippen LogP contribution in [0.5, 0.6) is 0 Å². The molecule has 1 aromatic carbocycles. The largest absolute Gasteiger partial charge is 0.293 e. The van der Waals surface area contributed by atoms with E-state index in [4.69, 9.17) is 11.6 Å². The van der Waals surface area contributed by atoms with Gasteiger partial charge in [-0.05, 0) is 18.6 Å². The van der Waals surface area contributed by atoms with E-state index in [1.54, 1.807) is 4.52 Å². The van der Waals surface area contributed by atoms with Crippen LogP contribution >= 0.6 is 22.9 Å². The van der Waals surface area contributed by atoms with Gasteiger partial charge in [-0.25, -0.2) is 4.52 Å². The van der Waals surface area contributed by atoms with Gasteiger partial charge in [-0.2, -0.15) is 4.98 Å². The van der Waals surface area contributed by atoms with Crippen molar-refractivity contribution in [2.45, 2.75) is 26.2 Å². The van der Waals surface area contributed by atoms with Crippen molar-refractivity contribution in [3.8, 4) is 11.3 Å². The SMILES string of the molecule is CCCCC(=O)Nc1nc2scc(-c3ccc(Cl)cc3)n2n1. The molecule has 0 saturated heterocycles. The minimum atomic E-state index is -0.0480. The van der Waals surface area contributed by atoms with Crippen molar-refractivity contribution in [1.82, 2.24) is 14.6 Å². The Balaban J connectivity index is 1.85. The van der Waals surface area contributed by atoms with Gasteiger partial charge in [0.2, 0.25) is 16.8 Å². The Morgan fingerprint density at radius 3 is 2.86 bits per heavy atom. The van der Waals surface area contributed by atoms with Crippen LogP contribution in [-0.4, -0.2) is 20.5 Å². The topological polar surface area (TPSA) is 59.3 Å². The van der Waals surface area contributed by atoms with Crippen LogP contribution in [0, 0.1) is 0 Å². The number of anilines is 1. The summed E-state index contributed by atoms with van der Waals surface area (Å²) >= 11 is 7.40. The Kier molecular flexibility index (Phi) is 4.40. The number of halogens is 1. The maximum absolute atomic E-state index is 11.8. The van der Waals surface area contributed by atoms with Gasteiger partial charge in [0.1, 0.15) is 0 Å². The van der Waals surface area contributed by atoms with Gasteiger partial charge in [-0.15, -0.1) is 16.4 Å². The van der Waals surface area contributed by atoms with Crippen molar-refractivity contribution in [2.24, 2.45) is 0 Å². The first-order valence-corrected chi connectivity index (χ1v) is 8.33. The molecule has 0 fully saturated rings.